The zero-order valence-corrected chi connectivity index (χ0v) is 11.9. The lowest BCUT2D eigenvalue weighted by molar-refractivity contribution is -0.114. The number of rotatable bonds is 3. The standard InChI is InChI=1S/C15H12ClFN2O2/c1-9(20)18-12-4-2-3-10(7-12)15(21)19-14-6-5-11(17)8-13(14)16/h2-8H,1H3,(H,18,20)(H,19,21). The average Bonchev–Trinajstić information content (AvgIpc) is 2.41. The normalized spacial score (nSPS) is 10.0. The fourth-order valence-electron chi connectivity index (χ4n) is 1.73. The van der Waals surface area contributed by atoms with Gasteiger partial charge in [-0.25, -0.2) is 4.39 Å². The van der Waals surface area contributed by atoms with E-state index in [1.54, 1.807) is 18.2 Å². The van der Waals surface area contributed by atoms with Crippen LogP contribution in [0.2, 0.25) is 5.02 Å². The predicted molar refractivity (Wildman–Crippen MR) is 80.1 cm³/mol. The third-order valence-electron chi connectivity index (χ3n) is 2.62. The molecular weight excluding hydrogens is 295 g/mol. The molecule has 0 saturated carbocycles. The van der Waals surface area contributed by atoms with Crippen LogP contribution in [0, 0.1) is 5.82 Å². The van der Waals surface area contributed by atoms with E-state index in [1.165, 1.54) is 25.1 Å². The summed E-state index contributed by atoms with van der Waals surface area (Å²) in [5.74, 6) is -1.12. The Bertz CT molecular complexity index is 704. The van der Waals surface area contributed by atoms with Gasteiger partial charge >= 0.3 is 0 Å². The molecule has 2 N–H and O–H groups in total. The van der Waals surface area contributed by atoms with E-state index in [9.17, 15) is 14.0 Å². The number of anilines is 2. The highest BCUT2D eigenvalue weighted by Gasteiger charge is 2.10. The van der Waals surface area contributed by atoms with Crippen molar-refractivity contribution in [2.75, 3.05) is 10.6 Å². The van der Waals surface area contributed by atoms with Crippen molar-refractivity contribution in [2.24, 2.45) is 0 Å². The number of hydrogen-bond donors (Lipinski definition) is 2. The quantitative estimate of drug-likeness (QED) is 0.908. The molecule has 2 aromatic carbocycles. The number of amides is 2. The Labute approximate surface area is 125 Å². The van der Waals surface area contributed by atoms with Crippen LogP contribution in [0.4, 0.5) is 15.8 Å². The first-order chi connectivity index (χ1) is 9.95. The molecule has 6 heteroatoms. The Morgan fingerprint density at radius 1 is 1.10 bits per heavy atom. The Morgan fingerprint density at radius 2 is 1.86 bits per heavy atom. The van der Waals surface area contributed by atoms with Crippen molar-refractivity contribution in [2.45, 2.75) is 6.92 Å². The molecule has 0 aromatic heterocycles. The van der Waals surface area contributed by atoms with E-state index in [0.29, 0.717) is 16.9 Å². The first kappa shape index (κ1) is 15.0. The Kier molecular flexibility index (Phi) is 4.55. The summed E-state index contributed by atoms with van der Waals surface area (Å²) in [5.41, 5.74) is 1.18. The summed E-state index contributed by atoms with van der Waals surface area (Å²) in [6, 6.07) is 10.1. The van der Waals surface area contributed by atoms with Gasteiger partial charge in [0.1, 0.15) is 5.82 Å². The van der Waals surface area contributed by atoms with Gasteiger partial charge in [-0.2, -0.15) is 0 Å². The van der Waals surface area contributed by atoms with Gasteiger partial charge in [0.05, 0.1) is 10.7 Å². The van der Waals surface area contributed by atoms with Gasteiger partial charge in [-0.1, -0.05) is 17.7 Å². The molecule has 0 unspecified atom stereocenters. The van der Waals surface area contributed by atoms with E-state index in [-0.39, 0.29) is 10.9 Å². The monoisotopic (exact) mass is 306 g/mol. The number of nitrogens with one attached hydrogen (secondary N) is 2. The number of hydrogen-bond acceptors (Lipinski definition) is 2. The van der Waals surface area contributed by atoms with Crippen LogP contribution >= 0.6 is 11.6 Å². The van der Waals surface area contributed by atoms with E-state index in [4.69, 9.17) is 11.6 Å². The van der Waals surface area contributed by atoms with E-state index in [2.05, 4.69) is 10.6 Å². The van der Waals surface area contributed by atoms with Gasteiger partial charge < -0.3 is 10.6 Å². The molecule has 0 spiro atoms. The fourth-order valence-corrected chi connectivity index (χ4v) is 1.94. The maximum absolute atomic E-state index is 12.9. The van der Waals surface area contributed by atoms with Crippen molar-refractivity contribution in [3.63, 3.8) is 0 Å². The summed E-state index contributed by atoms with van der Waals surface area (Å²) in [7, 11) is 0. The summed E-state index contributed by atoms with van der Waals surface area (Å²) in [6.07, 6.45) is 0. The average molecular weight is 307 g/mol. The Balaban J connectivity index is 2.18. The summed E-state index contributed by atoms with van der Waals surface area (Å²) in [4.78, 5) is 23.1. The minimum Gasteiger partial charge on any atom is -0.326 e. The van der Waals surface area contributed by atoms with Crippen LogP contribution in [0.1, 0.15) is 17.3 Å². The topological polar surface area (TPSA) is 58.2 Å². The van der Waals surface area contributed by atoms with E-state index in [1.807, 2.05) is 0 Å². The van der Waals surface area contributed by atoms with Gasteiger partial charge in [-0.3, -0.25) is 9.59 Å². The third kappa shape index (κ3) is 4.03. The van der Waals surface area contributed by atoms with Crippen LogP contribution in [0.25, 0.3) is 0 Å². The second-order valence-corrected chi connectivity index (χ2v) is 4.75. The van der Waals surface area contributed by atoms with Crippen molar-refractivity contribution >= 4 is 34.8 Å². The summed E-state index contributed by atoms with van der Waals surface area (Å²) in [5, 5.41) is 5.28. The van der Waals surface area contributed by atoms with Crippen molar-refractivity contribution in [3.8, 4) is 0 Å². The molecule has 0 saturated heterocycles. The second kappa shape index (κ2) is 6.37. The van der Waals surface area contributed by atoms with Crippen molar-refractivity contribution in [1.29, 1.82) is 0 Å². The fraction of sp³-hybridized carbons (Fsp3) is 0.0667. The molecular formula is C15H12ClFN2O2. The highest BCUT2D eigenvalue weighted by atomic mass is 35.5. The lowest BCUT2D eigenvalue weighted by atomic mass is 10.2. The van der Waals surface area contributed by atoms with Gasteiger partial charge in [-0.15, -0.1) is 0 Å². The predicted octanol–water partition coefficient (Wildman–Crippen LogP) is 3.69. The van der Waals surface area contributed by atoms with Gasteiger partial charge in [0.15, 0.2) is 0 Å². The van der Waals surface area contributed by atoms with E-state index < -0.39 is 11.7 Å². The first-order valence-corrected chi connectivity index (χ1v) is 6.47. The first-order valence-electron chi connectivity index (χ1n) is 6.10. The molecule has 0 heterocycles. The van der Waals surface area contributed by atoms with Crippen LogP contribution in [-0.2, 0) is 4.79 Å². The van der Waals surface area contributed by atoms with Crippen LogP contribution in [0.15, 0.2) is 42.5 Å². The lowest BCUT2D eigenvalue weighted by Gasteiger charge is -2.08. The zero-order valence-electron chi connectivity index (χ0n) is 11.1. The molecule has 0 aliphatic heterocycles. The van der Waals surface area contributed by atoms with E-state index >= 15 is 0 Å². The van der Waals surface area contributed by atoms with Crippen LogP contribution in [-0.4, -0.2) is 11.8 Å². The van der Waals surface area contributed by atoms with Crippen LogP contribution in [0.5, 0.6) is 0 Å². The van der Waals surface area contributed by atoms with Gasteiger partial charge in [0, 0.05) is 18.2 Å². The summed E-state index contributed by atoms with van der Waals surface area (Å²) in [6.45, 7) is 1.38. The van der Waals surface area contributed by atoms with E-state index in [0.717, 1.165) is 6.07 Å². The molecule has 0 radical (unpaired) electrons. The molecule has 0 bridgehead atoms. The maximum Gasteiger partial charge on any atom is 0.255 e. The molecule has 0 aliphatic rings. The summed E-state index contributed by atoms with van der Waals surface area (Å²) < 4.78 is 12.9. The van der Waals surface area contributed by atoms with Gasteiger partial charge in [0.2, 0.25) is 5.91 Å². The summed E-state index contributed by atoms with van der Waals surface area (Å²) >= 11 is 5.85. The number of carbonyl (C=O) groups excluding carboxylic acids is 2. The number of halogens is 2. The van der Waals surface area contributed by atoms with Crippen molar-refractivity contribution in [1.82, 2.24) is 0 Å². The third-order valence-corrected chi connectivity index (χ3v) is 2.94. The minimum atomic E-state index is -0.481. The Morgan fingerprint density at radius 3 is 2.52 bits per heavy atom. The highest BCUT2D eigenvalue weighted by Crippen LogP contribution is 2.23. The molecule has 108 valence electrons. The molecule has 4 nitrogen and oxygen atoms in total. The van der Waals surface area contributed by atoms with Crippen molar-refractivity contribution in [3.05, 3.63) is 58.9 Å². The van der Waals surface area contributed by atoms with Crippen LogP contribution in [0.3, 0.4) is 0 Å². The Hall–Kier alpha value is -2.40. The minimum absolute atomic E-state index is 0.112. The molecule has 2 rings (SSSR count). The molecule has 2 aromatic rings. The van der Waals surface area contributed by atoms with Gasteiger partial charge in [-0.05, 0) is 36.4 Å². The van der Waals surface area contributed by atoms with Gasteiger partial charge in [0.25, 0.3) is 5.91 Å². The van der Waals surface area contributed by atoms with Crippen LogP contribution < -0.4 is 10.6 Å². The molecule has 0 atom stereocenters. The second-order valence-electron chi connectivity index (χ2n) is 4.34. The highest BCUT2D eigenvalue weighted by molar-refractivity contribution is 6.33. The molecule has 21 heavy (non-hydrogen) atoms. The number of carbonyl (C=O) groups is 2. The smallest absolute Gasteiger partial charge is 0.255 e. The van der Waals surface area contributed by atoms with Crippen molar-refractivity contribution < 1.29 is 14.0 Å². The molecule has 0 aliphatic carbocycles. The molecule has 0 fully saturated rings. The maximum atomic E-state index is 12.9. The number of benzene rings is 2. The lowest BCUT2D eigenvalue weighted by Crippen LogP contribution is -2.13. The largest absolute Gasteiger partial charge is 0.326 e. The molecule has 2 amide bonds. The zero-order chi connectivity index (χ0) is 15.4. The SMILES string of the molecule is CC(=O)Nc1cccc(C(=O)Nc2ccc(F)cc2Cl)c1.